The van der Waals surface area contributed by atoms with Gasteiger partial charge in [-0.25, -0.2) is 0 Å². The number of esters is 3. The number of rotatable bonds is 41. The Bertz CT molecular complexity index is 781. The van der Waals surface area contributed by atoms with E-state index in [9.17, 15) is 14.4 Å². The van der Waals surface area contributed by atoms with Crippen molar-refractivity contribution >= 4 is 17.9 Å². The average Bonchev–Trinajstić information content (AvgIpc) is 3.12. The van der Waals surface area contributed by atoms with Gasteiger partial charge in [0.15, 0.2) is 6.10 Å². The van der Waals surface area contributed by atoms with Crippen LogP contribution in [0.4, 0.5) is 0 Å². The van der Waals surface area contributed by atoms with Crippen LogP contribution in [0.1, 0.15) is 252 Å². The molecule has 0 aliphatic heterocycles. The molecule has 0 unspecified atom stereocenters. The third-order valence-electron chi connectivity index (χ3n) is 10.3. The fourth-order valence-corrected chi connectivity index (χ4v) is 6.80. The summed E-state index contributed by atoms with van der Waals surface area (Å²) < 4.78 is 16.7. The average molecular weight is 737 g/mol. The third kappa shape index (κ3) is 39.6. The van der Waals surface area contributed by atoms with Crippen LogP contribution >= 0.6 is 0 Å². The SMILES string of the molecule is CCCCCCCCCCCCCCCCC(=O)O[C@@H](COC(=O)CCCCCCCCCCCC)COC(=O)CCCCCCCCCC(C)C. The van der Waals surface area contributed by atoms with Gasteiger partial charge in [-0.05, 0) is 25.2 Å². The largest absolute Gasteiger partial charge is 0.462 e. The van der Waals surface area contributed by atoms with Crippen molar-refractivity contribution in [3.8, 4) is 0 Å². The summed E-state index contributed by atoms with van der Waals surface area (Å²) in [4.78, 5) is 37.6. The molecule has 0 heterocycles. The van der Waals surface area contributed by atoms with Crippen LogP contribution in [0, 0.1) is 5.92 Å². The summed E-state index contributed by atoms with van der Waals surface area (Å²) in [6, 6.07) is 0. The predicted molar refractivity (Wildman–Crippen MR) is 220 cm³/mol. The lowest BCUT2D eigenvalue weighted by molar-refractivity contribution is -0.167. The fraction of sp³-hybridized carbons (Fsp3) is 0.935. The minimum Gasteiger partial charge on any atom is -0.462 e. The predicted octanol–water partition coefficient (Wildman–Crippen LogP) is 14.3. The Labute approximate surface area is 323 Å². The van der Waals surface area contributed by atoms with E-state index in [1.165, 1.54) is 148 Å². The highest BCUT2D eigenvalue weighted by Gasteiger charge is 2.19. The van der Waals surface area contributed by atoms with Crippen LogP contribution < -0.4 is 0 Å². The summed E-state index contributed by atoms with van der Waals surface area (Å²) in [5, 5.41) is 0. The second kappa shape index (κ2) is 40.6. The molecule has 0 bridgehead atoms. The van der Waals surface area contributed by atoms with E-state index in [2.05, 4.69) is 27.7 Å². The van der Waals surface area contributed by atoms with Gasteiger partial charge in [0.05, 0.1) is 0 Å². The first-order chi connectivity index (χ1) is 25.4. The quantitative estimate of drug-likeness (QED) is 0.0353. The lowest BCUT2D eigenvalue weighted by Gasteiger charge is -2.18. The molecule has 6 nitrogen and oxygen atoms in total. The molecule has 0 aromatic rings. The van der Waals surface area contributed by atoms with Crippen LogP contribution in [-0.2, 0) is 28.6 Å². The topological polar surface area (TPSA) is 78.9 Å². The van der Waals surface area contributed by atoms with Crippen molar-refractivity contribution in [3.63, 3.8) is 0 Å². The Balaban J connectivity index is 4.32. The molecule has 0 spiro atoms. The highest BCUT2D eigenvalue weighted by Crippen LogP contribution is 2.16. The summed E-state index contributed by atoms with van der Waals surface area (Å²) >= 11 is 0. The van der Waals surface area contributed by atoms with Gasteiger partial charge in [-0.1, -0.05) is 214 Å². The highest BCUT2D eigenvalue weighted by molar-refractivity contribution is 5.71. The van der Waals surface area contributed by atoms with Gasteiger partial charge in [0, 0.05) is 19.3 Å². The van der Waals surface area contributed by atoms with Crippen molar-refractivity contribution < 1.29 is 28.6 Å². The second-order valence-corrected chi connectivity index (χ2v) is 16.2. The van der Waals surface area contributed by atoms with Gasteiger partial charge in [0.2, 0.25) is 0 Å². The molecule has 0 N–H and O–H groups in total. The molecule has 0 aromatic carbocycles. The standard InChI is InChI=1S/C46H88O6/c1-5-7-9-11-13-15-17-18-19-20-22-26-31-35-39-46(49)52-43(40-50-44(47)37-33-29-25-21-16-14-12-10-8-6-2)41-51-45(48)38-34-30-27-23-24-28-32-36-42(3)4/h42-43H,5-41H2,1-4H3/t43-/m0/s1. The molecule has 0 aliphatic carbocycles. The van der Waals surface area contributed by atoms with Gasteiger partial charge in [-0.3, -0.25) is 14.4 Å². The van der Waals surface area contributed by atoms with Gasteiger partial charge in [-0.2, -0.15) is 0 Å². The number of ether oxygens (including phenoxy) is 3. The number of unbranched alkanes of at least 4 members (excludes halogenated alkanes) is 28. The van der Waals surface area contributed by atoms with Crippen LogP contribution in [0.5, 0.6) is 0 Å². The third-order valence-corrected chi connectivity index (χ3v) is 10.3. The lowest BCUT2D eigenvalue weighted by Crippen LogP contribution is -2.30. The van der Waals surface area contributed by atoms with Crippen molar-refractivity contribution in [3.05, 3.63) is 0 Å². The maximum absolute atomic E-state index is 12.7. The summed E-state index contributed by atoms with van der Waals surface area (Å²) in [6.07, 6.45) is 39.5. The van der Waals surface area contributed by atoms with Crippen LogP contribution in [0.3, 0.4) is 0 Å². The Morgan fingerprint density at radius 2 is 0.635 bits per heavy atom. The van der Waals surface area contributed by atoms with Gasteiger partial charge >= 0.3 is 17.9 Å². The zero-order chi connectivity index (χ0) is 38.2. The molecule has 1 atom stereocenters. The van der Waals surface area contributed by atoms with Crippen LogP contribution in [0.2, 0.25) is 0 Å². The first-order valence-corrected chi connectivity index (χ1v) is 22.9. The minimum atomic E-state index is -0.759. The molecule has 308 valence electrons. The number of hydrogen-bond acceptors (Lipinski definition) is 6. The zero-order valence-corrected chi connectivity index (χ0v) is 35.3. The molecule has 0 aliphatic rings. The summed E-state index contributed by atoms with van der Waals surface area (Å²) in [5.41, 5.74) is 0. The van der Waals surface area contributed by atoms with Crippen LogP contribution in [0.15, 0.2) is 0 Å². The van der Waals surface area contributed by atoms with Gasteiger partial charge < -0.3 is 14.2 Å². The van der Waals surface area contributed by atoms with Crippen molar-refractivity contribution in [2.75, 3.05) is 13.2 Å². The van der Waals surface area contributed by atoms with Crippen LogP contribution in [0.25, 0.3) is 0 Å². The Kier molecular flexibility index (Phi) is 39.4. The van der Waals surface area contributed by atoms with Crippen molar-refractivity contribution in [2.45, 2.75) is 259 Å². The van der Waals surface area contributed by atoms with Crippen molar-refractivity contribution in [1.29, 1.82) is 0 Å². The Morgan fingerprint density at radius 1 is 0.365 bits per heavy atom. The van der Waals surface area contributed by atoms with E-state index in [0.717, 1.165) is 63.7 Å². The molecule has 0 fully saturated rings. The van der Waals surface area contributed by atoms with E-state index in [-0.39, 0.29) is 31.1 Å². The number of carbonyl (C=O) groups is 3. The Morgan fingerprint density at radius 3 is 0.942 bits per heavy atom. The second-order valence-electron chi connectivity index (χ2n) is 16.2. The molecular weight excluding hydrogens is 648 g/mol. The number of hydrogen-bond donors (Lipinski definition) is 0. The molecule has 6 heteroatoms. The minimum absolute atomic E-state index is 0.0643. The molecule has 0 saturated carbocycles. The molecule has 0 saturated heterocycles. The lowest BCUT2D eigenvalue weighted by atomic mass is 10.0. The molecule has 0 amide bonds. The van der Waals surface area contributed by atoms with E-state index in [4.69, 9.17) is 14.2 Å². The van der Waals surface area contributed by atoms with Gasteiger partial charge in [0.25, 0.3) is 0 Å². The highest BCUT2D eigenvalue weighted by atomic mass is 16.6. The normalized spacial score (nSPS) is 11.9. The fourth-order valence-electron chi connectivity index (χ4n) is 6.80. The van der Waals surface area contributed by atoms with Crippen molar-refractivity contribution in [1.82, 2.24) is 0 Å². The number of carbonyl (C=O) groups excluding carboxylic acids is 3. The van der Waals surface area contributed by atoms with Gasteiger partial charge in [-0.15, -0.1) is 0 Å². The molecule has 0 radical (unpaired) electrons. The zero-order valence-electron chi connectivity index (χ0n) is 35.3. The van der Waals surface area contributed by atoms with Crippen molar-refractivity contribution in [2.24, 2.45) is 5.92 Å². The van der Waals surface area contributed by atoms with E-state index < -0.39 is 6.10 Å². The summed E-state index contributed by atoms with van der Waals surface area (Å²) in [5.74, 6) is -0.0756. The van der Waals surface area contributed by atoms with E-state index in [0.29, 0.717) is 19.3 Å². The maximum atomic E-state index is 12.7. The molecule has 52 heavy (non-hydrogen) atoms. The summed E-state index contributed by atoms with van der Waals surface area (Å²) in [6.45, 7) is 8.94. The van der Waals surface area contributed by atoms with E-state index in [1.54, 1.807) is 0 Å². The van der Waals surface area contributed by atoms with E-state index >= 15 is 0 Å². The Hall–Kier alpha value is -1.59. The monoisotopic (exact) mass is 737 g/mol. The smallest absolute Gasteiger partial charge is 0.306 e. The molecule has 0 aromatic heterocycles. The first-order valence-electron chi connectivity index (χ1n) is 22.9. The maximum Gasteiger partial charge on any atom is 0.306 e. The van der Waals surface area contributed by atoms with Crippen LogP contribution in [-0.4, -0.2) is 37.2 Å². The van der Waals surface area contributed by atoms with E-state index in [1.807, 2.05) is 0 Å². The summed E-state index contributed by atoms with van der Waals surface area (Å²) in [7, 11) is 0. The first kappa shape index (κ1) is 50.4. The molecular formula is C46H88O6. The molecule has 0 rings (SSSR count). The van der Waals surface area contributed by atoms with Gasteiger partial charge in [0.1, 0.15) is 13.2 Å².